The van der Waals surface area contributed by atoms with Crippen LogP contribution in [0.25, 0.3) is 55.2 Å². The Morgan fingerprint density at radius 2 is 1.66 bits per heavy atom. The molecule has 6 aromatic rings. The lowest BCUT2D eigenvalue weighted by molar-refractivity contribution is -0.135. The lowest BCUT2D eigenvalue weighted by Crippen LogP contribution is -2.51. The zero-order valence-corrected chi connectivity index (χ0v) is 33.0. The predicted octanol–water partition coefficient (Wildman–Crippen LogP) is 6.02. The smallest absolute Gasteiger partial charge is 0.407 e. The van der Waals surface area contributed by atoms with Gasteiger partial charge >= 0.3 is 12.2 Å². The highest BCUT2D eigenvalue weighted by molar-refractivity contribution is 6.09. The van der Waals surface area contributed by atoms with Crippen LogP contribution in [0.15, 0.2) is 70.1 Å². The number of hydrogen-bond acceptors (Lipinski definition) is 10. The molecular weight excluding hydrogens is 745 g/mol. The second kappa shape index (κ2) is 16.8. The van der Waals surface area contributed by atoms with Crippen molar-refractivity contribution in [3.05, 3.63) is 82.8 Å². The van der Waals surface area contributed by atoms with E-state index in [-0.39, 0.29) is 42.3 Å². The quantitative estimate of drug-likeness (QED) is 0.0838. The lowest BCUT2D eigenvalue weighted by Gasteiger charge is -2.28. The summed E-state index contributed by atoms with van der Waals surface area (Å²) in [6, 6.07) is 13.9. The van der Waals surface area contributed by atoms with Crippen molar-refractivity contribution in [3.63, 3.8) is 0 Å². The second-order valence-electron chi connectivity index (χ2n) is 14.7. The van der Waals surface area contributed by atoms with Gasteiger partial charge in [-0.15, -0.1) is 0 Å². The number of amides is 4. The summed E-state index contributed by atoms with van der Waals surface area (Å²) in [4.78, 5) is 83.1. The van der Waals surface area contributed by atoms with Crippen molar-refractivity contribution in [1.29, 1.82) is 0 Å². The van der Waals surface area contributed by atoms with Gasteiger partial charge in [-0.25, -0.2) is 19.6 Å². The topological polar surface area (TPSA) is 205 Å². The van der Waals surface area contributed by atoms with Crippen molar-refractivity contribution in [1.82, 2.24) is 40.4 Å². The van der Waals surface area contributed by atoms with Crippen molar-refractivity contribution < 1.29 is 33.1 Å². The zero-order valence-electron chi connectivity index (χ0n) is 33.0. The summed E-state index contributed by atoms with van der Waals surface area (Å²) in [7, 11) is 2.51. The van der Waals surface area contributed by atoms with Crippen LogP contribution in [0.1, 0.15) is 57.7 Å². The molecule has 4 heterocycles. The van der Waals surface area contributed by atoms with E-state index < -0.39 is 18.2 Å². The van der Waals surface area contributed by atoms with Crippen LogP contribution < -0.4 is 16.1 Å². The minimum absolute atomic E-state index is 0.152. The Morgan fingerprint density at radius 1 is 0.931 bits per heavy atom. The molecule has 0 spiro atoms. The fourth-order valence-electron chi connectivity index (χ4n) is 7.54. The number of rotatable bonds is 12. The zero-order chi connectivity index (χ0) is 41.1. The van der Waals surface area contributed by atoms with Crippen LogP contribution in [-0.2, 0) is 25.6 Å². The third kappa shape index (κ3) is 7.94. The summed E-state index contributed by atoms with van der Waals surface area (Å²) >= 11 is 0. The van der Waals surface area contributed by atoms with Gasteiger partial charge in [-0.1, -0.05) is 45.0 Å². The molecule has 2 atom stereocenters. The van der Waals surface area contributed by atoms with E-state index in [1.807, 2.05) is 57.2 Å². The molecule has 4 N–H and O–H groups in total. The van der Waals surface area contributed by atoms with Gasteiger partial charge in [0.05, 0.1) is 61.4 Å². The number of imidazole rings is 2. The van der Waals surface area contributed by atoms with Gasteiger partial charge in [0, 0.05) is 24.2 Å². The summed E-state index contributed by atoms with van der Waals surface area (Å²) in [5, 5.41) is 7.59. The number of carbonyl (C=O) groups is 4. The van der Waals surface area contributed by atoms with Crippen LogP contribution in [-0.4, -0.2) is 93.6 Å². The third-order valence-electron chi connectivity index (χ3n) is 10.5. The molecule has 1 saturated heterocycles. The number of aromatic amines is 2. The molecule has 1 aliphatic rings. The monoisotopic (exact) mass is 790 g/mol. The first-order chi connectivity index (χ1) is 28.0. The van der Waals surface area contributed by atoms with Gasteiger partial charge in [0.15, 0.2) is 0 Å². The Morgan fingerprint density at radius 3 is 2.40 bits per heavy atom. The molecule has 3 aromatic carbocycles. The molecule has 0 saturated carbocycles. The van der Waals surface area contributed by atoms with Gasteiger partial charge in [-0.2, -0.15) is 0 Å². The largest absolute Gasteiger partial charge is 0.456 e. The first-order valence-electron chi connectivity index (χ1n) is 19.3. The van der Waals surface area contributed by atoms with Crippen molar-refractivity contribution in [2.75, 3.05) is 33.9 Å². The molecule has 1 aliphatic heterocycles. The fourth-order valence-corrected chi connectivity index (χ4v) is 7.54. The number of alkyl carbamates (subject to hydrolysis) is 2. The summed E-state index contributed by atoms with van der Waals surface area (Å²) in [6.07, 6.45) is 4.34. The maximum atomic E-state index is 14.0. The van der Waals surface area contributed by atoms with Crippen LogP contribution in [0.3, 0.4) is 0 Å². The number of H-pyrrole nitrogens is 2. The third-order valence-corrected chi connectivity index (χ3v) is 10.5. The van der Waals surface area contributed by atoms with E-state index in [9.17, 15) is 24.0 Å². The summed E-state index contributed by atoms with van der Waals surface area (Å²) in [6.45, 7) is 6.81. The molecule has 0 bridgehead atoms. The number of likely N-dealkylation sites (tertiary alicyclic amines) is 1. The first kappa shape index (κ1) is 39.5. The van der Waals surface area contributed by atoms with Gasteiger partial charge in [0.25, 0.3) is 0 Å². The number of methoxy groups -OCH3 is 2. The number of nitrogens with zero attached hydrogens (tertiary/aromatic N) is 4. The molecule has 4 amide bonds. The Kier molecular flexibility index (Phi) is 11.4. The van der Waals surface area contributed by atoms with E-state index >= 15 is 0 Å². The summed E-state index contributed by atoms with van der Waals surface area (Å²) < 4.78 is 15.7. The molecule has 0 aliphatic carbocycles. The lowest BCUT2D eigenvalue weighted by atomic mass is 10.0. The minimum atomic E-state index is -0.747. The fraction of sp³-hybridized carbons (Fsp3) is 0.357. The van der Waals surface area contributed by atoms with Gasteiger partial charge < -0.3 is 44.3 Å². The normalized spacial score (nSPS) is 14.6. The second-order valence-corrected chi connectivity index (χ2v) is 14.7. The summed E-state index contributed by atoms with van der Waals surface area (Å²) in [5.41, 5.74) is 3.79. The average Bonchev–Trinajstić information content (AvgIpc) is 4.03. The van der Waals surface area contributed by atoms with Crippen molar-refractivity contribution >= 4 is 56.7 Å². The number of benzene rings is 3. The Hall–Kier alpha value is -6.71. The standard InChI is InChI=1S/C42H46N8O8/c1-6-15-49(40(53)37(23(2)3)48-42(55)57-5)22-34-43-19-29(46-34)25-9-12-27-24(17-25)11-14-32-36(27)38(52)28-13-10-26(18-33(28)58-32)30-20-44-39(47-30)31-8-7-16-50(31)35(51)21-45-41(54)56-4/h9-14,17-20,23,31,37H,6-8,15-16,21-22H2,1-5H3,(H,43,46)(H,44,47)(H,45,54)(H,48,55)/t31-,37?/m0/s1. The maximum Gasteiger partial charge on any atom is 0.407 e. The van der Waals surface area contributed by atoms with Crippen LogP contribution >= 0.6 is 0 Å². The van der Waals surface area contributed by atoms with E-state index in [4.69, 9.17) is 9.15 Å². The Balaban J connectivity index is 1.11. The van der Waals surface area contributed by atoms with Crippen LogP contribution in [0.5, 0.6) is 0 Å². The van der Waals surface area contributed by atoms with Gasteiger partial charge in [-0.05, 0) is 60.2 Å². The molecule has 1 fully saturated rings. The molecule has 7 rings (SSSR count). The van der Waals surface area contributed by atoms with Gasteiger partial charge in [-0.3, -0.25) is 14.4 Å². The van der Waals surface area contributed by atoms with E-state index in [2.05, 4.69) is 35.3 Å². The van der Waals surface area contributed by atoms with Crippen molar-refractivity contribution in [2.24, 2.45) is 5.92 Å². The van der Waals surface area contributed by atoms with E-state index in [1.165, 1.54) is 14.2 Å². The number of hydrogen-bond donors (Lipinski definition) is 4. The Labute approximate surface area is 333 Å². The SMILES string of the molecule is CCCN(Cc1ncc(-c2ccc3c(ccc4oc5cc(-c6cnc([C@@H]7CCCN7C(=O)CNC(=O)OC)[nH]6)ccc5c(=O)c43)c2)[nH]1)C(=O)C(NC(=O)OC)C(C)C. The molecule has 58 heavy (non-hydrogen) atoms. The molecule has 16 nitrogen and oxygen atoms in total. The molecule has 1 unspecified atom stereocenters. The highest BCUT2D eigenvalue weighted by Crippen LogP contribution is 2.34. The molecule has 0 radical (unpaired) electrons. The molecule has 3 aromatic heterocycles. The van der Waals surface area contributed by atoms with E-state index in [0.717, 1.165) is 46.9 Å². The van der Waals surface area contributed by atoms with E-state index in [0.29, 0.717) is 52.4 Å². The number of fused-ring (bicyclic) bond motifs is 4. The average molecular weight is 791 g/mol. The highest BCUT2D eigenvalue weighted by Gasteiger charge is 2.32. The maximum absolute atomic E-state index is 14.0. The van der Waals surface area contributed by atoms with E-state index in [1.54, 1.807) is 34.3 Å². The first-order valence-corrected chi connectivity index (χ1v) is 19.3. The highest BCUT2D eigenvalue weighted by atomic mass is 16.5. The van der Waals surface area contributed by atoms with Gasteiger partial charge in [0.1, 0.15) is 35.4 Å². The molecule has 16 heteroatoms. The number of ether oxygens (including phenoxy) is 2. The van der Waals surface area contributed by atoms with Crippen molar-refractivity contribution in [2.45, 2.75) is 58.7 Å². The number of nitrogens with one attached hydrogen (secondary N) is 4. The van der Waals surface area contributed by atoms with Crippen LogP contribution in [0, 0.1) is 5.92 Å². The van der Waals surface area contributed by atoms with Crippen LogP contribution in [0.2, 0.25) is 0 Å². The number of carbonyl (C=O) groups excluding carboxylic acids is 4. The van der Waals surface area contributed by atoms with Gasteiger partial charge in [0.2, 0.25) is 17.2 Å². The number of aromatic nitrogens is 4. The Bertz CT molecular complexity index is 2580. The van der Waals surface area contributed by atoms with Crippen molar-refractivity contribution in [3.8, 4) is 22.5 Å². The summed E-state index contributed by atoms with van der Waals surface area (Å²) in [5.74, 6) is 0.631. The molecular formula is C42H46N8O8. The minimum Gasteiger partial charge on any atom is -0.456 e. The predicted molar refractivity (Wildman–Crippen MR) is 217 cm³/mol. The van der Waals surface area contributed by atoms with Crippen LogP contribution in [0.4, 0.5) is 9.59 Å². The molecule has 302 valence electrons.